The van der Waals surface area contributed by atoms with Crippen LogP contribution in [0.5, 0.6) is 23.0 Å². The zero-order valence-corrected chi connectivity index (χ0v) is 17.6. The van der Waals surface area contributed by atoms with Crippen LogP contribution in [0, 0.1) is 10.1 Å². The minimum absolute atomic E-state index is 0.0221. The normalized spacial score (nSPS) is 13.3. The molecule has 0 saturated carbocycles. The number of esters is 1. The molecule has 166 valence electrons. The van der Waals surface area contributed by atoms with Gasteiger partial charge in [0, 0.05) is 29.8 Å². The zero-order valence-electron chi connectivity index (χ0n) is 17.6. The van der Waals surface area contributed by atoms with Crippen LogP contribution < -0.4 is 18.9 Å². The van der Waals surface area contributed by atoms with E-state index in [1.807, 2.05) is 0 Å². The first-order chi connectivity index (χ1) is 15.9. The van der Waals surface area contributed by atoms with E-state index in [1.54, 1.807) is 24.3 Å². The van der Waals surface area contributed by atoms with Crippen molar-refractivity contribution in [3.05, 3.63) is 93.2 Å². The number of non-ortho nitro benzene ring substituents is 1. The van der Waals surface area contributed by atoms with E-state index in [1.165, 1.54) is 50.6 Å². The molecule has 3 aromatic rings. The third-order valence-electron chi connectivity index (χ3n) is 4.87. The lowest BCUT2D eigenvalue weighted by atomic mass is 10.1. The number of hydrogen-bond acceptors (Lipinski definition) is 8. The number of benzene rings is 3. The average molecular weight is 447 g/mol. The number of nitrogens with zero attached hydrogens (tertiary/aromatic N) is 1. The lowest BCUT2D eigenvalue weighted by Crippen LogP contribution is -2.08. The van der Waals surface area contributed by atoms with Crippen molar-refractivity contribution in [3.63, 3.8) is 0 Å². The maximum Gasteiger partial charge on any atom is 0.343 e. The SMILES string of the molecule is COc1ccc(C=C2Oc3cc(OC(=O)c4cccc([N+](=O)[O-])c4)ccc3C2=O)c(OC)c1. The van der Waals surface area contributed by atoms with E-state index >= 15 is 0 Å². The molecule has 9 nitrogen and oxygen atoms in total. The minimum Gasteiger partial charge on any atom is -0.497 e. The first-order valence-electron chi connectivity index (χ1n) is 9.66. The Morgan fingerprint density at radius 1 is 1.00 bits per heavy atom. The fourth-order valence-electron chi connectivity index (χ4n) is 3.22. The van der Waals surface area contributed by atoms with Gasteiger partial charge in [0.1, 0.15) is 23.0 Å². The van der Waals surface area contributed by atoms with Crippen LogP contribution in [0.2, 0.25) is 0 Å². The lowest BCUT2D eigenvalue weighted by Gasteiger charge is -2.08. The van der Waals surface area contributed by atoms with Gasteiger partial charge in [0.15, 0.2) is 5.76 Å². The van der Waals surface area contributed by atoms with Gasteiger partial charge in [-0.25, -0.2) is 4.79 Å². The highest BCUT2D eigenvalue weighted by Crippen LogP contribution is 2.36. The summed E-state index contributed by atoms with van der Waals surface area (Å²) in [5.41, 5.74) is 0.723. The van der Waals surface area contributed by atoms with Crippen LogP contribution in [0.1, 0.15) is 26.3 Å². The highest BCUT2D eigenvalue weighted by atomic mass is 16.6. The quantitative estimate of drug-likeness (QED) is 0.179. The van der Waals surface area contributed by atoms with Crippen LogP contribution in [0.25, 0.3) is 6.08 Å². The number of carbonyl (C=O) groups is 2. The van der Waals surface area contributed by atoms with Gasteiger partial charge in [0.05, 0.1) is 30.3 Å². The first-order valence-corrected chi connectivity index (χ1v) is 9.66. The van der Waals surface area contributed by atoms with E-state index in [4.69, 9.17) is 18.9 Å². The second kappa shape index (κ2) is 8.83. The van der Waals surface area contributed by atoms with E-state index in [0.29, 0.717) is 22.6 Å². The van der Waals surface area contributed by atoms with Crippen molar-refractivity contribution in [3.8, 4) is 23.0 Å². The summed E-state index contributed by atoms with van der Waals surface area (Å²) in [6.45, 7) is 0. The molecule has 0 N–H and O–H groups in total. The maximum atomic E-state index is 12.7. The molecular weight excluding hydrogens is 430 g/mol. The van der Waals surface area contributed by atoms with Crippen molar-refractivity contribution >= 4 is 23.5 Å². The Labute approximate surface area is 187 Å². The predicted molar refractivity (Wildman–Crippen MR) is 117 cm³/mol. The van der Waals surface area contributed by atoms with Gasteiger partial charge in [-0.3, -0.25) is 14.9 Å². The molecule has 3 aromatic carbocycles. The fraction of sp³-hybridized carbons (Fsp3) is 0.0833. The minimum atomic E-state index is -0.776. The second-order valence-electron chi connectivity index (χ2n) is 6.90. The molecule has 1 aliphatic rings. The van der Waals surface area contributed by atoms with Crippen molar-refractivity contribution in [1.82, 2.24) is 0 Å². The molecule has 0 unspecified atom stereocenters. The molecule has 0 bridgehead atoms. The molecule has 1 aliphatic heterocycles. The summed E-state index contributed by atoms with van der Waals surface area (Å²) >= 11 is 0. The number of nitro benzene ring substituents is 1. The first kappa shape index (κ1) is 21.6. The Bertz CT molecular complexity index is 1310. The van der Waals surface area contributed by atoms with E-state index in [9.17, 15) is 19.7 Å². The highest BCUT2D eigenvalue weighted by Gasteiger charge is 2.28. The third-order valence-corrected chi connectivity index (χ3v) is 4.87. The molecule has 0 aromatic heterocycles. The number of ether oxygens (including phenoxy) is 4. The molecule has 0 saturated heterocycles. The van der Waals surface area contributed by atoms with Crippen LogP contribution >= 0.6 is 0 Å². The lowest BCUT2D eigenvalue weighted by molar-refractivity contribution is -0.384. The number of Topliss-reactive ketones (excluding diaryl/α,β-unsaturated/α-hetero) is 1. The van der Waals surface area contributed by atoms with Crippen molar-refractivity contribution in [2.75, 3.05) is 14.2 Å². The van der Waals surface area contributed by atoms with E-state index < -0.39 is 10.9 Å². The van der Waals surface area contributed by atoms with Crippen molar-refractivity contribution < 1.29 is 33.5 Å². The number of methoxy groups -OCH3 is 2. The number of allylic oxidation sites excluding steroid dienone is 1. The van der Waals surface area contributed by atoms with Crippen LogP contribution in [0.4, 0.5) is 5.69 Å². The fourth-order valence-corrected chi connectivity index (χ4v) is 3.22. The van der Waals surface area contributed by atoms with Gasteiger partial charge in [-0.2, -0.15) is 0 Å². The van der Waals surface area contributed by atoms with Gasteiger partial charge >= 0.3 is 5.97 Å². The predicted octanol–water partition coefficient (Wildman–Crippen LogP) is 4.45. The molecule has 0 amide bonds. The van der Waals surface area contributed by atoms with Gasteiger partial charge in [-0.15, -0.1) is 0 Å². The smallest absolute Gasteiger partial charge is 0.343 e. The van der Waals surface area contributed by atoms with Crippen LogP contribution in [0.3, 0.4) is 0 Å². The van der Waals surface area contributed by atoms with Crippen molar-refractivity contribution in [1.29, 1.82) is 0 Å². The van der Waals surface area contributed by atoms with E-state index in [2.05, 4.69) is 0 Å². The standard InChI is InChI=1S/C24H17NO8/c1-30-17-7-6-14(20(12-17)31-2)11-22-23(26)19-9-8-18(13-21(19)33-22)32-24(27)15-4-3-5-16(10-15)25(28)29/h3-13H,1-2H3. The van der Waals surface area contributed by atoms with Gasteiger partial charge in [0.25, 0.3) is 5.69 Å². The number of carbonyl (C=O) groups excluding carboxylic acids is 2. The Morgan fingerprint density at radius 3 is 2.52 bits per heavy atom. The number of ketones is 1. The monoisotopic (exact) mass is 447 g/mol. The number of rotatable bonds is 6. The zero-order chi connectivity index (χ0) is 23.5. The summed E-state index contributed by atoms with van der Waals surface area (Å²) in [5.74, 6) is 0.424. The van der Waals surface area contributed by atoms with Gasteiger partial charge < -0.3 is 18.9 Å². The van der Waals surface area contributed by atoms with Crippen LogP contribution in [-0.4, -0.2) is 30.9 Å². The molecule has 0 fully saturated rings. The van der Waals surface area contributed by atoms with Crippen molar-refractivity contribution in [2.45, 2.75) is 0 Å². The summed E-state index contributed by atoms with van der Waals surface area (Å²) in [6.07, 6.45) is 1.55. The molecule has 4 rings (SSSR count). The van der Waals surface area contributed by atoms with Crippen LogP contribution in [-0.2, 0) is 0 Å². The summed E-state index contributed by atoms with van der Waals surface area (Å²) in [5, 5.41) is 10.9. The summed E-state index contributed by atoms with van der Waals surface area (Å²) in [4.78, 5) is 35.5. The number of hydrogen-bond donors (Lipinski definition) is 0. The topological polar surface area (TPSA) is 114 Å². The van der Waals surface area contributed by atoms with Gasteiger partial charge in [0.2, 0.25) is 5.78 Å². The highest BCUT2D eigenvalue weighted by molar-refractivity contribution is 6.14. The van der Waals surface area contributed by atoms with Crippen molar-refractivity contribution in [2.24, 2.45) is 0 Å². The number of fused-ring (bicyclic) bond motifs is 1. The number of nitro groups is 1. The molecule has 0 radical (unpaired) electrons. The molecular formula is C24H17NO8. The Kier molecular flexibility index (Phi) is 5.77. The molecule has 1 heterocycles. The Morgan fingerprint density at radius 2 is 1.79 bits per heavy atom. The summed E-state index contributed by atoms with van der Waals surface area (Å²) in [7, 11) is 3.04. The molecule has 0 aliphatic carbocycles. The Hall–Kier alpha value is -4.66. The van der Waals surface area contributed by atoms with Crippen LogP contribution in [0.15, 0.2) is 66.4 Å². The summed E-state index contributed by atoms with van der Waals surface area (Å²) in [6, 6.07) is 14.7. The van der Waals surface area contributed by atoms with E-state index in [0.717, 1.165) is 6.07 Å². The van der Waals surface area contributed by atoms with Gasteiger partial charge in [-0.05, 0) is 36.4 Å². The van der Waals surface area contributed by atoms with Gasteiger partial charge in [-0.1, -0.05) is 6.07 Å². The molecule has 0 atom stereocenters. The maximum absolute atomic E-state index is 12.7. The van der Waals surface area contributed by atoms with E-state index in [-0.39, 0.29) is 34.3 Å². The molecule has 0 spiro atoms. The largest absolute Gasteiger partial charge is 0.497 e. The second-order valence-corrected chi connectivity index (χ2v) is 6.90. The Balaban J connectivity index is 1.56. The third kappa shape index (κ3) is 4.38. The summed E-state index contributed by atoms with van der Waals surface area (Å²) < 4.78 is 21.5. The average Bonchev–Trinajstić information content (AvgIpc) is 3.13. The molecule has 33 heavy (non-hydrogen) atoms. The molecule has 9 heteroatoms.